The highest BCUT2D eigenvalue weighted by Crippen LogP contribution is 2.24. The molecular weight excluding hydrogens is 322 g/mol. The van der Waals surface area contributed by atoms with Crippen molar-refractivity contribution < 1.29 is 4.74 Å². The van der Waals surface area contributed by atoms with E-state index >= 15 is 0 Å². The van der Waals surface area contributed by atoms with Gasteiger partial charge in [-0.25, -0.2) is 4.98 Å². The Hall–Kier alpha value is -0.880. The normalized spacial score (nSPS) is 22.0. The van der Waals surface area contributed by atoms with Crippen molar-refractivity contribution >= 4 is 21.7 Å². The van der Waals surface area contributed by atoms with Crippen LogP contribution in [0.5, 0.6) is 0 Å². The Labute approximate surface area is 128 Å². The van der Waals surface area contributed by atoms with Gasteiger partial charge in [0.2, 0.25) is 0 Å². The van der Waals surface area contributed by atoms with Crippen LogP contribution in [-0.2, 0) is 11.3 Å². The van der Waals surface area contributed by atoms with E-state index in [0.29, 0.717) is 18.9 Å². The molecule has 1 saturated heterocycles. The third-order valence-electron chi connectivity index (χ3n) is 3.31. The molecule has 0 saturated carbocycles. The highest BCUT2D eigenvalue weighted by atomic mass is 79.9. The molecule has 0 bridgehead atoms. The number of ether oxygens (including phenoxy) is 1. The van der Waals surface area contributed by atoms with Crippen molar-refractivity contribution in [1.82, 2.24) is 9.55 Å². The monoisotopic (exact) mass is 343 g/mol. The number of hydrogen-bond donors (Lipinski definition) is 0. The first kappa shape index (κ1) is 15.5. The van der Waals surface area contributed by atoms with Crippen LogP contribution in [0, 0.1) is 0 Å². The van der Waals surface area contributed by atoms with Gasteiger partial charge in [-0.15, -0.1) is 0 Å². The summed E-state index contributed by atoms with van der Waals surface area (Å²) in [7, 11) is 0. The molecule has 0 spiro atoms. The molecule has 0 amide bonds. The number of aromatic nitrogens is 2. The first-order valence-corrected chi connectivity index (χ1v) is 8.13. The average molecular weight is 344 g/mol. The number of rotatable bonds is 4. The van der Waals surface area contributed by atoms with Gasteiger partial charge >= 0.3 is 0 Å². The Balaban J connectivity index is 2.31. The maximum Gasteiger partial charge on any atom is 0.293 e. The van der Waals surface area contributed by atoms with E-state index in [1.54, 1.807) is 17.0 Å². The molecular formula is C14H22BrN3O2. The fourth-order valence-electron chi connectivity index (χ4n) is 2.61. The van der Waals surface area contributed by atoms with Crippen LogP contribution in [0.4, 0.5) is 5.82 Å². The fourth-order valence-corrected chi connectivity index (χ4v) is 2.94. The zero-order chi connectivity index (χ0) is 14.8. The molecule has 1 fully saturated rings. The number of halogens is 1. The van der Waals surface area contributed by atoms with Gasteiger partial charge in [0.15, 0.2) is 5.82 Å². The van der Waals surface area contributed by atoms with E-state index in [-0.39, 0.29) is 17.3 Å². The third-order valence-corrected chi connectivity index (χ3v) is 4.04. The first-order valence-electron chi connectivity index (χ1n) is 7.01. The Morgan fingerprint density at radius 1 is 1.55 bits per heavy atom. The van der Waals surface area contributed by atoms with Gasteiger partial charge in [-0.3, -0.25) is 4.79 Å². The van der Waals surface area contributed by atoms with Crippen molar-refractivity contribution in [3.05, 3.63) is 22.7 Å². The van der Waals surface area contributed by atoms with Crippen LogP contribution >= 0.6 is 15.9 Å². The van der Waals surface area contributed by atoms with Crippen LogP contribution in [0.25, 0.3) is 0 Å². The van der Waals surface area contributed by atoms with Crippen LogP contribution in [0.2, 0.25) is 0 Å². The van der Waals surface area contributed by atoms with E-state index in [4.69, 9.17) is 4.74 Å². The van der Waals surface area contributed by atoms with Crippen molar-refractivity contribution in [2.24, 2.45) is 0 Å². The molecule has 20 heavy (non-hydrogen) atoms. The zero-order valence-electron chi connectivity index (χ0n) is 12.3. The number of morpholine rings is 1. The maximum absolute atomic E-state index is 12.5. The summed E-state index contributed by atoms with van der Waals surface area (Å²) in [5.41, 5.74) is -0.295. The Morgan fingerprint density at radius 3 is 2.95 bits per heavy atom. The van der Waals surface area contributed by atoms with Gasteiger partial charge < -0.3 is 14.2 Å². The van der Waals surface area contributed by atoms with Gasteiger partial charge in [-0.1, -0.05) is 22.9 Å². The molecule has 112 valence electrons. The Bertz CT molecular complexity index is 515. The predicted octanol–water partition coefficient (Wildman–Crippen LogP) is 2.03. The Kier molecular flexibility index (Phi) is 4.86. The van der Waals surface area contributed by atoms with Gasteiger partial charge in [-0.05, 0) is 20.3 Å². The molecule has 1 aliphatic heterocycles. The number of hydrogen-bond acceptors (Lipinski definition) is 4. The molecule has 0 aromatic carbocycles. The molecule has 6 heteroatoms. The molecule has 5 nitrogen and oxygen atoms in total. The molecule has 0 aliphatic carbocycles. The third kappa shape index (κ3) is 3.41. The second kappa shape index (κ2) is 6.26. The maximum atomic E-state index is 12.5. The van der Waals surface area contributed by atoms with Crippen LogP contribution in [-0.4, -0.2) is 39.7 Å². The van der Waals surface area contributed by atoms with E-state index in [1.165, 1.54) is 0 Å². The molecule has 2 rings (SSSR count). The fraction of sp³-hybridized carbons (Fsp3) is 0.714. The summed E-state index contributed by atoms with van der Waals surface area (Å²) in [5, 5.41) is 0.753. The average Bonchev–Trinajstić information content (AvgIpc) is 2.39. The lowest BCUT2D eigenvalue weighted by Gasteiger charge is -2.42. The van der Waals surface area contributed by atoms with Crippen molar-refractivity contribution in [1.29, 1.82) is 0 Å². The predicted molar refractivity (Wildman–Crippen MR) is 83.7 cm³/mol. The summed E-state index contributed by atoms with van der Waals surface area (Å²) in [4.78, 5) is 18.8. The Morgan fingerprint density at radius 2 is 2.30 bits per heavy atom. The molecule has 0 radical (unpaired) electrons. The number of alkyl halides is 1. The molecule has 0 N–H and O–H groups in total. The quantitative estimate of drug-likeness (QED) is 0.785. The van der Waals surface area contributed by atoms with E-state index in [2.05, 4.69) is 27.8 Å². The molecule has 1 aromatic heterocycles. The lowest BCUT2D eigenvalue weighted by atomic mass is 10.1. The van der Waals surface area contributed by atoms with Crippen molar-refractivity contribution in [2.75, 3.05) is 23.3 Å². The highest BCUT2D eigenvalue weighted by molar-refractivity contribution is 9.09. The standard InChI is InChI=1S/C14H22BrN3O2/c1-4-6-17-7-5-16-12(13(17)19)18-9-11(8-15)20-14(2,3)10-18/h5,7,11H,4,6,8-10H2,1-3H3. The first-order chi connectivity index (χ1) is 9.46. The summed E-state index contributed by atoms with van der Waals surface area (Å²) in [6.45, 7) is 8.24. The van der Waals surface area contributed by atoms with E-state index in [1.807, 2.05) is 18.7 Å². The van der Waals surface area contributed by atoms with E-state index in [0.717, 1.165) is 18.3 Å². The van der Waals surface area contributed by atoms with E-state index in [9.17, 15) is 4.79 Å². The van der Waals surface area contributed by atoms with Crippen LogP contribution < -0.4 is 10.5 Å². The largest absolute Gasteiger partial charge is 0.368 e. The number of anilines is 1. The van der Waals surface area contributed by atoms with Gasteiger partial charge in [0, 0.05) is 37.4 Å². The summed E-state index contributed by atoms with van der Waals surface area (Å²) in [6, 6.07) is 0. The second-order valence-electron chi connectivity index (χ2n) is 5.78. The second-order valence-corrected chi connectivity index (χ2v) is 6.43. The summed E-state index contributed by atoms with van der Waals surface area (Å²) in [5.74, 6) is 0.531. The van der Waals surface area contributed by atoms with Gasteiger partial charge in [0.05, 0.1) is 11.7 Å². The van der Waals surface area contributed by atoms with Gasteiger partial charge in [0.25, 0.3) is 5.56 Å². The molecule has 2 heterocycles. The van der Waals surface area contributed by atoms with Crippen molar-refractivity contribution in [3.63, 3.8) is 0 Å². The minimum Gasteiger partial charge on any atom is -0.368 e. The molecule has 1 atom stereocenters. The molecule has 1 aromatic rings. The minimum absolute atomic E-state index is 0.0135. The lowest BCUT2D eigenvalue weighted by molar-refractivity contribution is -0.0726. The summed E-state index contributed by atoms with van der Waals surface area (Å²) < 4.78 is 7.70. The van der Waals surface area contributed by atoms with Crippen LogP contribution in [0.15, 0.2) is 17.2 Å². The highest BCUT2D eigenvalue weighted by Gasteiger charge is 2.34. The number of aryl methyl sites for hydroxylation is 1. The smallest absolute Gasteiger partial charge is 0.293 e. The molecule has 1 aliphatic rings. The number of nitrogens with zero attached hydrogens (tertiary/aromatic N) is 3. The summed E-state index contributed by atoms with van der Waals surface area (Å²) in [6.07, 6.45) is 4.46. The molecule has 1 unspecified atom stereocenters. The summed E-state index contributed by atoms with van der Waals surface area (Å²) >= 11 is 3.47. The lowest BCUT2D eigenvalue weighted by Crippen LogP contribution is -2.55. The zero-order valence-corrected chi connectivity index (χ0v) is 13.9. The van der Waals surface area contributed by atoms with Gasteiger partial charge in [0.1, 0.15) is 0 Å². The van der Waals surface area contributed by atoms with E-state index < -0.39 is 0 Å². The minimum atomic E-state index is -0.282. The van der Waals surface area contributed by atoms with Crippen molar-refractivity contribution in [3.8, 4) is 0 Å². The van der Waals surface area contributed by atoms with Crippen LogP contribution in [0.1, 0.15) is 27.2 Å². The van der Waals surface area contributed by atoms with Crippen LogP contribution in [0.3, 0.4) is 0 Å². The van der Waals surface area contributed by atoms with Crippen molar-refractivity contribution in [2.45, 2.75) is 45.4 Å². The van der Waals surface area contributed by atoms with Gasteiger partial charge in [-0.2, -0.15) is 0 Å². The topological polar surface area (TPSA) is 47.4 Å². The SMILES string of the molecule is CCCn1ccnc(N2CC(CBr)OC(C)(C)C2)c1=O.